The number of hydrogen-bond donors (Lipinski definition) is 0. The van der Waals surface area contributed by atoms with Crippen LogP contribution >= 0.6 is 11.6 Å². The number of fused-ring (bicyclic) bond motifs is 1. The van der Waals surface area contributed by atoms with E-state index >= 15 is 0 Å². The van der Waals surface area contributed by atoms with Gasteiger partial charge >= 0.3 is 0 Å². The van der Waals surface area contributed by atoms with E-state index in [2.05, 4.69) is 0 Å². The van der Waals surface area contributed by atoms with E-state index in [-0.39, 0.29) is 29.5 Å². The minimum atomic E-state index is -0.506. The number of carbonyl (C=O) groups is 4. The van der Waals surface area contributed by atoms with Crippen LogP contribution in [-0.2, 0) is 9.59 Å². The van der Waals surface area contributed by atoms with Crippen molar-refractivity contribution < 1.29 is 19.2 Å². The maximum atomic E-state index is 12.4. The monoisotopic (exact) mass is 349 g/mol. The molecule has 1 aromatic carbocycles. The summed E-state index contributed by atoms with van der Waals surface area (Å²) in [5, 5.41) is 0.364. The molecule has 3 rings (SSSR count). The molecule has 0 spiro atoms. The summed E-state index contributed by atoms with van der Waals surface area (Å²) in [7, 11) is 0. The van der Waals surface area contributed by atoms with Gasteiger partial charge in [-0.05, 0) is 18.2 Å². The van der Waals surface area contributed by atoms with Crippen LogP contribution in [0.5, 0.6) is 0 Å². The molecule has 2 aliphatic rings. The van der Waals surface area contributed by atoms with Crippen molar-refractivity contribution in [1.29, 1.82) is 0 Å². The zero-order chi connectivity index (χ0) is 17.4. The van der Waals surface area contributed by atoms with Crippen LogP contribution in [0.15, 0.2) is 18.2 Å². The lowest BCUT2D eigenvalue weighted by Crippen LogP contribution is -2.52. The second-order valence-corrected chi connectivity index (χ2v) is 6.21. The first-order valence-electron chi connectivity index (χ1n) is 7.57. The fraction of sp³-hybridized carbons (Fsp3) is 0.375. The molecule has 0 unspecified atom stereocenters. The standard InChI is InChI=1S/C16H16ClN3O4/c1-10(21)18-4-6-19(7-5-18)14(22)9-20-15(23)12-3-2-11(17)8-13(12)16(20)24/h2-3,8H,4-7,9H2,1H3. The first kappa shape index (κ1) is 16.4. The minimum absolute atomic E-state index is 0.0284. The Hall–Kier alpha value is -2.41. The Morgan fingerprint density at radius 3 is 2.21 bits per heavy atom. The number of benzene rings is 1. The molecule has 8 heteroatoms. The second kappa shape index (κ2) is 6.24. The third-order valence-electron chi connectivity index (χ3n) is 4.30. The topological polar surface area (TPSA) is 78.0 Å². The highest BCUT2D eigenvalue weighted by Crippen LogP contribution is 2.25. The van der Waals surface area contributed by atoms with E-state index < -0.39 is 11.8 Å². The van der Waals surface area contributed by atoms with E-state index in [1.54, 1.807) is 9.80 Å². The fourth-order valence-corrected chi connectivity index (χ4v) is 3.08. The van der Waals surface area contributed by atoms with Crippen molar-refractivity contribution >= 4 is 35.2 Å². The maximum Gasteiger partial charge on any atom is 0.262 e. The maximum absolute atomic E-state index is 12.4. The van der Waals surface area contributed by atoms with Gasteiger partial charge in [-0.3, -0.25) is 24.1 Å². The first-order valence-corrected chi connectivity index (χ1v) is 7.95. The molecule has 2 aliphatic heterocycles. The van der Waals surface area contributed by atoms with Crippen molar-refractivity contribution in [2.75, 3.05) is 32.7 Å². The van der Waals surface area contributed by atoms with Crippen molar-refractivity contribution in [3.63, 3.8) is 0 Å². The molecule has 1 aromatic rings. The average Bonchev–Trinajstić information content (AvgIpc) is 2.79. The molecule has 126 valence electrons. The van der Waals surface area contributed by atoms with Crippen LogP contribution in [0.25, 0.3) is 0 Å². The number of amides is 4. The highest BCUT2D eigenvalue weighted by Gasteiger charge is 2.37. The van der Waals surface area contributed by atoms with Crippen molar-refractivity contribution in [3.8, 4) is 0 Å². The third kappa shape index (κ3) is 2.87. The Bertz CT molecular complexity index is 741. The Morgan fingerprint density at radius 2 is 1.58 bits per heavy atom. The van der Waals surface area contributed by atoms with E-state index in [0.717, 1.165) is 4.90 Å². The molecular weight excluding hydrogens is 334 g/mol. The van der Waals surface area contributed by atoms with E-state index in [1.165, 1.54) is 25.1 Å². The predicted molar refractivity (Wildman–Crippen MR) is 85.7 cm³/mol. The van der Waals surface area contributed by atoms with Crippen LogP contribution < -0.4 is 0 Å². The van der Waals surface area contributed by atoms with Crippen molar-refractivity contribution in [2.45, 2.75) is 6.92 Å². The molecule has 0 saturated carbocycles. The van der Waals surface area contributed by atoms with Gasteiger partial charge in [0.2, 0.25) is 11.8 Å². The zero-order valence-electron chi connectivity index (χ0n) is 13.1. The number of hydrogen-bond acceptors (Lipinski definition) is 4. The van der Waals surface area contributed by atoms with E-state index in [1.807, 2.05) is 0 Å². The Kier molecular flexibility index (Phi) is 4.28. The summed E-state index contributed by atoms with van der Waals surface area (Å²) in [4.78, 5) is 52.5. The number of imide groups is 1. The highest BCUT2D eigenvalue weighted by molar-refractivity contribution is 6.32. The summed E-state index contributed by atoms with van der Waals surface area (Å²) in [6.07, 6.45) is 0. The SMILES string of the molecule is CC(=O)N1CCN(C(=O)CN2C(=O)c3ccc(Cl)cc3C2=O)CC1. The summed E-state index contributed by atoms with van der Waals surface area (Å²) < 4.78 is 0. The van der Waals surface area contributed by atoms with Crippen LogP contribution in [0.1, 0.15) is 27.6 Å². The average molecular weight is 350 g/mol. The first-order chi connectivity index (χ1) is 11.4. The molecule has 1 fully saturated rings. The van der Waals surface area contributed by atoms with Gasteiger partial charge in [0.15, 0.2) is 0 Å². The largest absolute Gasteiger partial charge is 0.339 e. The molecule has 1 saturated heterocycles. The molecule has 0 bridgehead atoms. The molecule has 0 N–H and O–H groups in total. The van der Waals surface area contributed by atoms with Crippen molar-refractivity contribution in [2.24, 2.45) is 0 Å². The lowest BCUT2D eigenvalue weighted by Gasteiger charge is -2.34. The summed E-state index contributed by atoms with van der Waals surface area (Å²) in [6, 6.07) is 4.47. The number of halogens is 1. The van der Waals surface area contributed by atoms with Gasteiger partial charge in [-0.2, -0.15) is 0 Å². The molecule has 0 radical (unpaired) electrons. The second-order valence-electron chi connectivity index (χ2n) is 5.77. The van der Waals surface area contributed by atoms with Gasteiger partial charge in [0.25, 0.3) is 11.8 Å². The van der Waals surface area contributed by atoms with Crippen LogP contribution in [-0.4, -0.2) is 71.1 Å². The molecule has 4 amide bonds. The van der Waals surface area contributed by atoms with E-state index in [0.29, 0.717) is 31.2 Å². The lowest BCUT2D eigenvalue weighted by atomic mass is 10.1. The van der Waals surface area contributed by atoms with Crippen LogP contribution in [0.3, 0.4) is 0 Å². The van der Waals surface area contributed by atoms with Gasteiger partial charge in [-0.1, -0.05) is 11.6 Å². The fourth-order valence-electron chi connectivity index (χ4n) is 2.91. The Labute approximate surface area is 143 Å². The van der Waals surface area contributed by atoms with Crippen LogP contribution in [0.2, 0.25) is 5.02 Å². The summed E-state index contributed by atoms with van der Waals surface area (Å²) in [6.45, 7) is 2.89. The Morgan fingerprint density at radius 1 is 1.00 bits per heavy atom. The lowest BCUT2D eigenvalue weighted by molar-refractivity contribution is -0.138. The highest BCUT2D eigenvalue weighted by atomic mass is 35.5. The van der Waals surface area contributed by atoms with Gasteiger partial charge in [0.1, 0.15) is 6.54 Å². The molecule has 24 heavy (non-hydrogen) atoms. The molecule has 7 nitrogen and oxygen atoms in total. The molecule has 0 aromatic heterocycles. The number of rotatable bonds is 2. The number of carbonyl (C=O) groups excluding carboxylic acids is 4. The van der Waals surface area contributed by atoms with Crippen molar-refractivity contribution in [1.82, 2.24) is 14.7 Å². The van der Waals surface area contributed by atoms with Gasteiger partial charge in [-0.25, -0.2) is 0 Å². The van der Waals surface area contributed by atoms with Gasteiger partial charge in [0, 0.05) is 38.1 Å². The normalized spacial score (nSPS) is 17.3. The van der Waals surface area contributed by atoms with Gasteiger partial charge in [-0.15, -0.1) is 0 Å². The zero-order valence-corrected chi connectivity index (χ0v) is 13.9. The minimum Gasteiger partial charge on any atom is -0.339 e. The molecule has 2 heterocycles. The third-order valence-corrected chi connectivity index (χ3v) is 4.54. The van der Waals surface area contributed by atoms with E-state index in [4.69, 9.17) is 11.6 Å². The number of nitrogens with zero attached hydrogens (tertiary/aromatic N) is 3. The molecule has 0 aliphatic carbocycles. The summed E-state index contributed by atoms with van der Waals surface area (Å²) in [5.74, 6) is -1.33. The quantitative estimate of drug-likeness (QED) is 0.734. The summed E-state index contributed by atoms with van der Waals surface area (Å²) >= 11 is 5.86. The van der Waals surface area contributed by atoms with E-state index in [9.17, 15) is 19.2 Å². The van der Waals surface area contributed by atoms with Crippen LogP contribution in [0.4, 0.5) is 0 Å². The summed E-state index contributed by atoms with van der Waals surface area (Å²) in [5.41, 5.74) is 0.486. The Balaban J connectivity index is 1.67. The van der Waals surface area contributed by atoms with Crippen molar-refractivity contribution in [3.05, 3.63) is 34.3 Å². The molecular formula is C16H16ClN3O4. The van der Waals surface area contributed by atoms with Gasteiger partial charge < -0.3 is 9.80 Å². The predicted octanol–water partition coefficient (Wildman–Crippen LogP) is 0.627. The van der Waals surface area contributed by atoms with Crippen LogP contribution in [0, 0.1) is 0 Å². The van der Waals surface area contributed by atoms with Gasteiger partial charge in [0.05, 0.1) is 11.1 Å². The molecule has 0 atom stereocenters. The number of piperazine rings is 1. The smallest absolute Gasteiger partial charge is 0.262 e.